The molecule has 0 bridgehead atoms. The molecule has 0 unspecified atom stereocenters. The first-order chi connectivity index (χ1) is 8.16. The third-order valence-electron chi connectivity index (χ3n) is 2.32. The molecule has 2 nitrogen and oxygen atoms in total. The Balaban J connectivity index is 2.01. The Labute approximate surface area is 109 Å². The minimum absolute atomic E-state index is 0.0677. The van der Waals surface area contributed by atoms with Crippen LogP contribution in [0.4, 0.5) is 0 Å². The number of furan rings is 1. The lowest BCUT2D eigenvalue weighted by Gasteiger charge is -2.01. The fraction of sp³-hybridized carbons (Fsp3) is 0.154. The second-order valence-corrected chi connectivity index (χ2v) is 5.02. The van der Waals surface area contributed by atoms with Crippen molar-refractivity contribution in [2.24, 2.45) is 0 Å². The largest absolute Gasteiger partial charge is 0.468 e. The molecule has 88 valence electrons. The van der Waals surface area contributed by atoms with Crippen LogP contribution in [-0.2, 0) is 0 Å². The Kier molecular flexibility index (Phi) is 3.92. The van der Waals surface area contributed by atoms with Crippen molar-refractivity contribution < 1.29 is 9.21 Å². The molecule has 0 radical (unpaired) electrons. The maximum atomic E-state index is 11.9. The van der Waals surface area contributed by atoms with Gasteiger partial charge >= 0.3 is 0 Å². The van der Waals surface area contributed by atoms with Crippen molar-refractivity contribution in [2.45, 2.75) is 11.8 Å². The minimum Gasteiger partial charge on any atom is -0.468 e. The summed E-state index contributed by atoms with van der Waals surface area (Å²) in [5.74, 6) is 1.30. The fourth-order valence-electron chi connectivity index (χ4n) is 1.41. The van der Waals surface area contributed by atoms with Crippen LogP contribution in [0.1, 0.15) is 16.1 Å². The predicted octanol–water partition coefficient (Wildman–Crippen LogP) is 4.22. The first-order valence-corrected chi connectivity index (χ1v) is 6.49. The summed E-state index contributed by atoms with van der Waals surface area (Å²) in [5, 5.41) is 0.584. The molecule has 2 rings (SSSR count). The summed E-state index contributed by atoms with van der Waals surface area (Å²) in [6, 6.07) is 8.87. The monoisotopic (exact) mass is 266 g/mol. The number of Topliss-reactive ketones (excluding diaryl/α,β-unsaturated/α-hetero) is 1. The molecular weight excluding hydrogens is 256 g/mol. The molecule has 0 saturated heterocycles. The third kappa shape index (κ3) is 3.14. The Hall–Kier alpha value is -1.19. The molecular formula is C13H11ClO2S. The highest BCUT2D eigenvalue weighted by Crippen LogP contribution is 2.24. The molecule has 1 aromatic carbocycles. The van der Waals surface area contributed by atoms with Gasteiger partial charge in [0.05, 0.1) is 12.0 Å². The zero-order chi connectivity index (χ0) is 12.3. The van der Waals surface area contributed by atoms with Crippen molar-refractivity contribution >= 4 is 29.1 Å². The Morgan fingerprint density at radius 3 is 2.88 bits per heavy atom. The van der Waals surface area contributed by atoms with Gasteiger partial charge in [-0.25, -0.2) is 0 Å². The van der Waals surface area contributed by atoms with E-state index in [4.69, 9.17) is 16.0 Å². The van der Waals surface area contributed by atoms with Crippen molar-refractivity contribution in [2.75, 3.05) is 5.75 Å². The van der Waals surface area contributed by atoms with Gasteiger partial charge in [0.2, 0.25) is 0 Å². The van der Waals surface area contributed by atoms with E-state index in [2.05, 4.69) is 0 Å². The summed E-state index contributed by atoms with van der Waals surface area (Å²) in [6.07, 6.45) is 1.63. The summed E-state index contributed by atoms with van der Waals surface area (Å²) in [5.41, 5.74) is 0.645. The Morgan fingerprint density at radius 2 is 2.24 bits per heavy atom. The third-order valence-corrected chi connectivity index (χ3v) is 3.69. The van der Waals surface area contributed by atoms with E-state index in [0.29, 0.717) is 16.3 Å². The summed E-state index contributed by atoms with van der Waals surface area (Å²) in [6.45, 7) is 1.88. The number of hydrogen-bond donors (Lipinski definition) is 0. The van der Waals surface area contributed by atoms with E-state index in [0.717, 1.165) is 10.7 Å². The summed E-state index contributed by atoms with van der Waals surface area (Å²) < 4.78 is 5.17. The smallest absolute Gasteiger partial charge is 0.173 e. The summed E-state index contributed by atoms with van der Waals surface area (Å²) in [7, 11) is 0. The standard InChI is InChI=1S/C13H11ClO2S/c1-9-13(5-6-16-9)17-8-12(15)10-3-2-4-11(14)7-10/h2-7H,8H2,1H3. The quantitative estimate of drug-likeness (QED) is 0.613. The average Bonchev–Trinajstić information content (AvgIpc) is 2.72. The van der Waals surface area contributed by atoms with Crippen LogP contribution in [0.5, 0.6) is 0 Å². The zero-order valence-electron chi connectivity index (χ0n) is 9.27. The van der Waals surface area contributed by atoms with Crippen molar-refractivity contribution in [3.63, 3.8) is 0 Å². The van der Waals surface area contributed by atoms with Crippen LogP contribution in [0, 0.1) is 6.92 Å². The van der Waals surface area contributed by atoms with E-state index in [-0.39, 0.29) is 5.78 Å². The number of carbonyl (C=O) groups excluding carboxylic acids is 1. The van der Waals surface area contributed by atoms with Gasteiger partial charge < -0.3 is 4.42 Å². The zero-order valence-corrected chi connectivity index (χ0v) is 10.8. The van der Waals surface area contributed by atoms with Gasteiger partial charge in [0, 0.05) is 15.5 Å². The molecule has 0 N–H and O–H groups in total. The van der Waals surface area contributed by atoms with Crippen molar-refractivity contribution in [1.82, 2.24) is 0 Å². The van der Waals surface area contributed by atoms with Crippen molar-refractivity contribution in [3.8, 4) is 0 Å². The van der Waals surface area contributed by atoms with E-state index < -0.39 is 0 Å². The van der Waals surface area contributed by atoms with Crippen LogP contribution in [0.15, 0.2) is 45.9 Å². The van der Waals surface area contributed by atoms with Gasteiger partial charge in [0.15, 0.2) is 5.78 Å². The average molecular weight is 267 g/mol. The summed E-state index contributed by atoms with van der Waals surface area (Å²) >= 11 is 7.32. The molecule has 0 aliphatic carbocycles. The first-order valence-electron chi connectivity index (χ1n) is 5.12. The maximum Gasteiger partial charge on any atom is 0.173 e. The van der Waals surface area contributed by atoms with Crippen LogP contribution in [0.25, 0.3) is 0 Å². The van der Waals surface area contributed by atoms with Crippen LogP contribution in [-0.4, -0.2) is 11.5 Å². The van der Waals surface area contributed by atoms with E-state index in [9.17, 15) is 4.79 Å². The van der Waals surface area contributed by atoms with Crippen molar-refractivity contribution in [1.29, 1.82) is 0 Å². The fourth-order valence-corrected chi connectivity index (χ4v) is 2.46. The number of halogens is 1. The number of carbonyl (C=O) groups is 1. The van der Waals surface area contributed by atoms with Gasteiger partial charge in [-0.15, -0.1) is 11.8 Å². The number of ketones is 1. The summed E-state index contributed by atoms with van der Waals surface area (Å²) in [4.78, 5) is 12.9. The van der Waals surface area contributed by atoms with Crippen LogP contribution < -0.4 is 0 Å². The number of rotatable bonds is 4. The minimum atomic E-state index is 0.0677. The molecule has 4 heteroatoms. The highest BCUT2D eigenvalue weighted by atomic mass is 35.5. The molecule has 17 heavy (non-hydrogen) atoms. The highest BCUT2D eigenvalue weighted by Gasteiger charge is 2.09. The molecule has 0 spiro atoms. The predicted molar refractivity (Wildman–Crippen MR) is 70.0 cm³/mol. The molecule has 2 aromatic rings. The lowest BCUT2D eigenvalue weighted by atomic mass is 10.1. The first kappa shape index (κ1) is 12.3. The van der Waals surface area contributed by atoms with Crippen LogP contribution in [0.3, 0.4) is 0 Å². The van der Waals surface area contributed by atoms with Gasteiger partial charge in [-0.05, 0) is 25.1 Å². The molecule has 0 saturated carbocycles. The second-order valence-electron chi connectivity index (χ2n) is 3.56. The topological polar surface area (TPSA) is 30.2 Å². The van der Waals surface area contributed by atoms with Crippen LogP contribution in [0.2, 0.25) is 5.02 Å². The second kappa shape index (κ2) is 5.43. The number of benzene rings is 1. The molecule has 0 atom stereocenters. The molecule has 0 amide bonds. The highest BCUT2D eigenvalue weighted by molar-refractivity contribution is 8.00. The number of aryl methyl sites for hydroxylation is 1. The van der Waals surface area contributed by atoms with E-state index in [1.807, 2.05) is 13.0 Å². The number of hydrogen-bond acceptors (Lipinski definition) is 3. The van der Waals surface area contributed by atoms with Gasteiger partial charge in [0.1, 0.15) is 5.76 Å². The van der Waals surface area contributed by atoms with E-state index >= 15 is 0 Å². The van der Waals surface area contributed by atoms with E-state index in [1.54, 1.807) is 30.5 Å². The lowest BCUT2D eigenvalue weighted by Crippen LogP contribution is -2.01. The number of thioether (sulfide) groups is 1. The lowest BCUT2D eigenvalue weighted by molar-refractivity contribution is 0.102. The Bertz CT molecular complexity index is 534. The van der Waals surface area contributed by atoms with Gasteiger partial charge in [-0.3, -0.25) is 4.79 Å². The van der Waals surface area contributed by atoms with E-state index in [1.165, 1.54) is 11.8 Å². The normalized spacial score (nSPS) is 10.5. The van der Waals surface area contributed by atoms with Gasteiger partial charge in [0.25, 0.3) is 0 Å². The molecule has 0 aliphatic rings. The van der Waals surface area contributed by atoms with Crippen LogP contribution >= 0.6 is 23.4 Å². The molecule has 1 aromatic heterocycles. The molecule has 1 heterocycles. The van der Waals surface area contributed by atoms with Gasteiger partial charge in [-0.1, -0.05) is 23.7 Å². The van der Waals surface area contributed by atoms with Gasteiger partial charge in [-0.2, -0.15) is 0 Å². The molecule has 0 aliphatic heterocycles. The SMILES string of the molecule is Cc1occc1SCC(=O)c1cccc(Cl)c1. The Morgan fingerprint density at radius 1 is 1.41 bits per heavy atom. The molecule has 0 fully saturated rings. The maximum absolute atomic E-state index is 11.9. The van der Waals surface area contributed by atoms with Crippen molar-refractivity contribution in [3.05, 3.63) is 52.9 Å².